The summed E-state index contributed by atoms with van der Waals surface area (Å²) < 4.78 is 4.84. The van der Waals surface area contributed by atoms with Crippen LogP contribution in [0.1, 0.15) is 66.8 Å². The molecular formula is C49H43N5. The fourth-order valence-corrected chi connectivity index (χ4v) is 9.17. The number of pyridine rings is 2. The van der Waals surface area contributed by atoms with E-state index in [1.807, 2.05) is 24.8 Å². The molecule has 0 spiro atoms. The zero-order valence-corrected chi connectivity index (χ0v) is 31.1. The van der Waals surface area contributed by atoms with Crippen molar-refractivity contribution >= 4 is 39.5 Å². The molecule has 4 aromatic heterocycles. The molecular weight excluding hydrogens is 659 g/mol. The number of fused-ring (bicyclic) bond motifs is 6. The number of hydrogen-bond acceptors (Lipinski definition) is 3. The lowest BCUT2D eigenvalue weighted by Crippen LogP contribution is -2.28. The van der Waals surface area contributed by atoms with E-state index in [-0.39, 0.29) is 5.41 Å². The molecule has 0 unspecified atom stereocenters. The SMILES string of the molecule is Cc1ccccc1C1=CC(N(C2=Cc3c(c4ccncc4n3-c3ccccc3)CC2)C2=Cc3c(n(-c4ccccc4)c4cnccc34)CC2)=CCC1(C)C. The second kappa shape index (κ2) is 12.7. The van der Waals surface area contributed by atoms with Gasteiger partial charge in [-0.3, -0.25) is 9.97 Å². The summed E-state index contributed by atoms with van der Waals surface area (Å²) in [5.41, 5.74) is 17.9. The lowest BCUT2D eigenvalue weighted by molar-refractivity contribution is 0.459. The molecule has 0 saturated heterocycles. The summed E-state index contributed by atoms with van der Waals surface area (Å²) in [6.07, 6.45) is 22.6. The van der Waals surface area contributed by atoms with E-state index < -0.39 is 0 Å². The molecule has 264 valence electrons. The smallest absolute Gasteiger partial charge is 0.0721 e. The third-order valence-corrected chi connectivity index (χ3v) is 11.8. The highest BCUT2D eigenvalue weighted by Gasteiger charge is 2.33. The third kappa shape index (κ3) is 5.21. The van der Waals surface area contributed by atoms with Crippen molar-refractivity contribution in [2.24, 2.45) is 5.41 Å². The van der Waals surface area contributed by atoms with E-state index in [0.717, 1.165) is 48.8 Å². The van der Waals surface area contributed by atoms with E-state index in [2.05, 4.69) is 166 Å². The number of rotatable bonds is 6. The van der Waals surface area contributed by atoms with Crippen molar-refractivity contribution in [3.8, 4) is 11.4 Å². The highest BCUT2D eigenvalue weighted by molar-refractivity contribution is 5.94. The molecule has 3 aromatic carbocycles. The molecule has 3 aliphatic rings. The van der Waals surface area contributed by atoms with Gasteiger partial charge in [-0.15, -0.1) is 0 Å². The Morgan fingerprint density at radius 1 is 0.630 bits per heavy atom. The first-order chi connectivity index (χ1) is 26.5. The van der Waals surface area contributed by atoms with Crippen molar-refractivity contribution in [1.29, 1.82) is 0 Å². The monoisotopic (exact) mass is 701 g/mol. The van der Waals surface area contributed by atoms with Crippen LogP contribution in [0, 0.1) is 12.3 Å². The lowest BCUT2D eigenvalue weighted by atomic mass is 9.73. The van der Waals surface area contributed by atoms with Crippen LogP contribution >= 0.6 is 0 Å². The Morgan fingerprint density at radius 2 is 1.26 bits per heavy atom. The Hall–Kier alpha value is -6.20. The Labute approximate surface area is 316 Å². The van der Waals surface area contributed by atoms with E-state index >= 15 is 0 Å². The van der Waals surface area contributed by atoms with E-state index in [4.69, 9.17) is 0 Å². The van der Waals surface area contributed by atoms with Crippen LogP contribution in [0.3, 0.4) is 0 Å². The maximum Gasteiger partial charge on any atom is 0.0721 e. The van der Waals surface area contributed by atoms with Gasteiger partial charge in [0.15, 0.2) is 0 Å². The Bertz CT molecular complexity index is 2720. The average molecular weight is 702 g/mol. The molecule has 0 aliphatic heterocycles. The Kier molecular flexibility index (Phi) is 7.65. The fraction of sp³-hybridized carbons (Fsp3) is 0.184. The molecule has 0 fully saturated rings. The normalized spacial score (nSPS) is 16.3. The number of para-hydroxylation sites is 2. The van der Waals surface area contributed by atoms with E-state index in [1.165, 1.54) is 72.8 Å². The van der Waals surface area contributed by atoms with Gasteiger partial charge in [-0.25, -0.2) is 0 Å². The number of aromatic nitrogens is 4. The van der Waals surface area contributed by atoms with Crippen LogP contribution in [0.2, 0.25) is 0 Å². The van der Waals surface area contributed by atoms with E-state index in [9.17, 15) is 0 Å². The molecule has 0 bridgehead atoms. The predicted octanol–water partition coefficient (Wildman–Crippen LogP) is 11.6. The second-order valence-corrected chi connectivity index (χ2v) is 15.5. The van der Waals surface area contributed by atoms with Gasteiger partial charge in [-0.05, 0) is 121 Å². The second-order valence-electron chi connectivity index (χ2n) is 15.5. The molecule has 0 atom stereocenters. The zero-order valence-electron chi connectivity index (χ0n) is 31.1. The van der Waals surface area contributed by atoms with Gasteiger partial charge in [0.05, 0.1) is 29.1 Å². The minimum atomic E-state index is 0.00630. The minimum Gasteiger partial charge on any atom is -0.318 e. The third-order valence-electron chi connectivity index (χ3n) is 11.8. The van der Waals surface area contributed by atoms with Crippen LogP contribution in [0.5, 0.6) is 0 Å². The summed E-state index contributed by atoms with van der Waals surface area (Å²) in [4.78, 5) is 11.8. The molecule has 5 heteroatoms. The van der Waals surface area contributed by atoms with Gasteiger partial charge in [0.2, 0.25) is 0 Å². The summed E-state index contributed by atoms with van der Waals surface area (Å²) >= 11 is 0. The standard InChI is InChI=1S/C49H43N5/c1-33-12-10-11-17-39(33)44-29-38(22-25-49(44,2)3)52(36-19-21-45-43(28-36)42-24-27-51-32-48(42)53(45)34-13-6-4-7-14-34)37-18-20-40-41-23-26-50-31-47(41)54(46(40)30-37)35-15-8-5-9-16-35/h4-17,22-24,26-32H,18-21,25H2,1-3H3. The van der Waals surface area contributed by atoms with Crippen LogP contribution in [0.15, 0.2) is 151 Å². The highest BCUT2D eigenvalue weighted by atomic mass is 15.2. The quantitative estimate of drug-likeness (QED) is 0.173. The van der Waals surface area contributed by atoms with Gasteiger partial charge in [-0.1, -0.05) is 80.6 Å². The number of benzene rings is 3. The van der Waals surface area contributed by atoms with E-state index in [0.29, 0.717) is 0 Å². The first-order valence-corrected chi connectivity index (χ1v) is 19.2. The van der Waals surface area contributed by atoms with Gasteiger partial charge in [0.25, 0.3) is 0 Å². The van der Waals surface area contributed by atoms with Gasteiger partial charge >= 0.3 is 0 Å². The van der Waals surface area contributed by atoms with Crippen molar-refractivity contribution in [1.82, 2.24) is 24.0 Å². The number of allylic oxidation sites excluding steroid dienone is 5. The molecule has 0 saturated carbocycles. The predicted molar refractivity (Wildman–Crippen MR) is 222 cm³/mol. The molecule has 54 heavy (non-hydrogen) atoms. The molecule has 4 heterocycles. The van der Waals surface area contributed by atoms with Crippen LogP contribution < -0.4 is 0 Å². The minimum absolute atomic E-state index is 0.00630. The van der Waals surface area contributed by atoms with Gasteiger partial charge in [0, 0.05) is 62.9 Å². The van der Waals surface area contributed by atoms with Crippen molar-refractivity contribution < 1.29 is 0 Å². The molecule has 3 aliphatic carbocycles. The molecule has 5 nitrogen and oxygen atoms in total. The lowest BCUT2D eigenvalue weighted by Gasteiger charge is -2.39. The van der Waals surface area contributed by atoms with Gasteiger partial charge < -0.3 is 14.0 Å². The van der Waals surface area contributed by atoms with Crippen molar-refractivity contribution in [3.05, 3.63) is 185 Å². The Balaban J connectivity index is 1.20. The van der Waals surface area contributed by atoms with Crippen LogP contribution in [-0.4, -0.2) is 24.0 Å². The van der Waals surface area contributed by atoms with E-state index in [1.54, 1.807) is 0 Å². The summed E-state index contributed by atoms with van der Waals surface area (Å²) in [5.74, 6) is 0. The first kappa shape index (κ1) is 32.5. The van der Waals surface area contributed by atoms with Gasteiger partial charge in [-0.2, -0.15) is 0 Å². The largest absolute Gasteiger partial charge is 0.318 e. The summed E-state index contributed by atoms with van der Waals surface area (Å²) in [6, 6.07) is 34.8. The summed E-state index contributed by atoms with van der Waals surface area (Å²) in [7, 11) is 0. The maximum absolute atomic E-state index is 4.59. The Morgan fingerprint density at radius 3 is 2.00 bits per heavy atom. The molecule has 0 amide bonds. The van der Waals surface area contributed by atoms with Crippen LogP contribution in [0.4, 0.5) is 0 Å². The molecule has 7 aromatic rings. The summed E-state index contributed by atoms with van der Waals surface area (Å²) in [6.45, 7) is 7.02. The number of aryl methyl sites for hydroxylation is 2. The van der Waals surface area contributed by atoms with Crippen molar-refractivity contribution in [2.75, 3.05) is 0 Å². The number of nitrogens with zero attached hydrogens (tertiary/aromatic N) is 5. The topological polar surface area (TPSA) is 38.9 Å². The average Bonchev–Trinajstić information content (AvgIpc) is 3.72. The van der Waals surface area contributed by atoms with Crippen LogP contribution in [-0.2, 0) is 12.8 Å². The van der Waals surface area contributed by atoms with Crippen LogP contribution in [0.25, 0.3) is 50.9 Å². The van der Waals surface area contributed by atoms with Gasteiger partial charge in [0.1, 0.15) is 0 Å². The fourth-order valence-electron chi connectivity index (χ4n) is 9.17. The van der Waals surface area contributed by atoms with Crippen molar-refractivity contribution in [2.45, 2.75) is 52.9 Å². The molecule has 10 rings (SSSR count). The maximum atomic E-state index is 4.59. The zero-order chi connectivity index (χ0) is 36.4. The molecule has 0 N–H and O–H groups in total. The summed E-state index contributed by atoms with van der Waals surface area (Å²) in [5, 5.41) is 2.53. The first-order valence-electron chi connectivity index (χ1n) is 19.2. The number of hydrogen-bond donors (Lipinski definition) is 0. The molecule has 0 radical (unpaired) electrons. The van der Waals surface area contributed by atoms with Crippen molar-refractivity contribution in [3.63, 3.8) is 0 Å². The highest BCUT2D eigenvalue weighted by Crippen LogP contribution is 2.47.